The largest absolute Gasteiger partial charge is 0.478 e. The number of carbonyl (C=O) groups excluding carboxylic acids is 1. The van der Waals surface area contributed by atoms with Crippen molar-refractivity contribution in [2.24, 2.45) is 0 Å². The van der Waals surface area contributed by atoms with Gasteiger partial charge in [0.1, 0.15) is 0 Å². The monoisotopic (exact) mass is 294 g/mol. The molecule has 7 heteroatoms. The van der Waals surface area contributed by atoms with E-state index in [1.165, 1.54) is 7.11 Å². The predicted octanol–water partition coefficient (Wildman–Crippen LogP) is 0.560. The summed E-state index contributed by atoms with van der Waals surface area (Å²) in [7, 11) is 1.42. The number of anilines is 1. The molecule has 0 amide bonds. The number of rotatable bonds is 6. The van der Waals surface area contributed by atoms with Gasteiger partial charge in [0.05, 0.1) is 20.1 Å². The molecule has 0 N–H and O–H groups in total. The summed E-state index contributed by atoms with van der Waals surface area (Å²) in [6.07, 6.45) is 2.16. The molecule has 0 aromatic carbocycles. The van der Waals surface area contributed by atoms with E-state index in [4.69, 9.17) is 4.74 Å². The van der Waals surface area contributed by atoms with Gasteiger partial charge in [0.2, 0.25) is 11.8 Å². The van der Waals surface area contributed by atoms with E-state index >= 15 is 0 Å². The summed E-state index contributed by atoms with van der Waals surface area (Å²) in [5.41, 5.74) is 0. The van der Waals surface area contributed by atoms with Crippen molar-refractivity contribution in [1.29, 1.82) is 0 Å². The molecule has 2 rings (SSSR count). The van der Waals surface area contributed by atoms with Crippen molar-refractivity contribution in [2.75, 3.05) is 51.3 Å². The molecule has 1 aromatic heterocycles. The van der Waals surface area contributed by atoms with Crippen LogP contribution in [0.1, 0.15) is 13.3 Å². The maximum Gasteiger partial charge on any atom is 0.306 e. The molecule has 1 aliphatic heterocycles. The van der Waals surface area contributed by atoms with E-state index in [1.807, 2.05) is 6.92 Å². The highest BCUT2D eigenvalue weighted by atomic mass is 16.5. The molecule has 2 heterocycles. The van der Waals surface area contributed by atoms with Crippen LogP contribution >= 0.6 is 0 Å². The highest BCUT2D eigenvalue weighted by molar-refractivity contribution is 5.69. The summed E-state index contributed by atoms with van der Waals surface area (Å²) in [5.74, 6) is 1.15. The third-order valence-corrected chi connectivity index (χ3v) is 3.42. The van der Waals surface area contributed by atoms with Crippen LogP contribution in [0, 0.1) is 0 Å². The van der Waals surface area contributed by atoms with E-state index in [1.54, 1.807) is 12.3 Å². The third-order valence-electron chi connectivity index (χ3n) is 3.42. The normalized spacial score (nSPS) is 15.8. The molecular weight excluding hydrogens is 272 g/mol. The van der Waals surface area contributed by atoms with Crippen LogP contribution in [0.5, 0.6) is 5.88 Å². The van der Waals surface area contributed by atoms with E-state index in [9.17, 15) is 4.79 Å². The summed E-state index contributed by atoms with van der Waals surface area (Å²) in [6.45, 7) is 6.73. The van der Waals surface area contributed by atoms with Crippen LogP contribution in [-0.4, -0.2) is 67.3 Å². The number of methoxy groups -OCH3 is 1. The topological polar surface area (TPSA) is 67.8 Å². The predicted molar refractivity (Wildman–Crippen MR) is 78.5 cm³/mol. The fourth-order valence-corrected chi connectivity index (χ4v) is 2.24. The van der Waals surface area contributed by atoms with Crippen LogP contribution in [0.2, 0.25) is 0 Å². The first kappa shape index (κ1) is 15.5. The van der Waals surface area contributed by atoms with Gasteiger partial charge >= 0.3 is 5.97 Å². The average molecular weight is 294 g/mol. The number of aromatic nitrogens is 2. The standard InChI is InChI=1S/C14H22N4O3/c1-3-21-12-4-6-15-14(16-12)18-10-8-17(9-11-18)7-5-13(19)20-2/h4,6H,3,5,7-11H2,1-2H3. The van der Waals surface area contributed by atoms with Crippen LogP contribution in [0.15, 0.2) is 12.3 Å². The van der Waals surface area contributed by atoms with Gasteiger partial charge in [0, 0.05) is 45.0 Å². The van der Waals surface area contributed by atoms with Crippen LogP contribution in [-0.2, 0) is 9.53 Å². The van der Waals surface area contributed by atoms with Gasteiger partial charge in [-0.25, -0.2) is 4.98 Å². The lowest BCUT2D eigenvalue weighted by Gasteiger charge is -2.34. The summed E-state index contributed by atoms with van der Waals surface area (Å²) in [6, 6.07) is 1.76. The summed E-state index contributed by atoms with van der Waals surface area (Å²) in [5, 5.41) is 0. The molecule has 1 saturated heterocycles. The molecule has 0 atom stereocenters. The van der Waals surface area contributed by atoms with Crippen LogP contribution in [0.25, 0.3) is 0 Å². The zero-order valence-corrected chi connectivity index (χ0v) is 12.6. The van der Waals surface area contributed by atoms with Crippen molar-refractivity contribution < 1.29 is 14.3 Å². The quantitative estimate of drug-likeness (QED) is 0.710. The molecule has 1 aliphatic rings. The van der Waals surface area contributed by atoms with Gasteiger partial charge in [-0.2, -0.15) is 4.98 Å². The molecular formula is C14H22N4O3. The van der Waals surface area contributed by atoms with E-state index in [0.717, 1.165) is 32.7 Å². The first-order chi connectivity index (χ1) is 10.2. The molecule has 0 aliphatic carbocycles. The molecule has 0 radical (unpaired) electrons. The molecule has 7 nitrogen and oxygen atoms in total. The second kappa shape index (κ2) is 7.78. The van der Waals surface area contributed by atoms with Crippen molar-refractivity contribution in [3.63, 3.8) is 0 Å². The van der Waals surface area contributed by atoms with Crippen molar-refractivity contribution in [3.8, 4) is 5.88 Å². The first-order valence-electron chi connectivity index (χ1n) is 7.23. The van der Waals surface area contributed by atoms with Crippen molar-refractivity contribution >= 4 is 11.9 Å². The minimum absolute atomic E-state index is 0.162. The van der Waals surface area contributed by atoms with Crippen LogP contribution in [0.4, 0.5) is 5.95 Å². The lowest BCUT2D eigenvalue weighted by atomic mass is 10.3. The maximum atomic E-state index is 11.1. The first-order valence-corrected chi connectivity index (χ1v) is 7.23. The van der Waals surface area contributed by atoms with Gasteiger partial charge in [-0.15, -0.1) is 0 Å². The fraction of sp³-hybridized carbons (Fsp3) is 0.643. The lowest BCUT2D eigenvalue weighted by Crippen LogP contribution is -2.47. The minimum Gasteiger partial charge on any atom is -0.478 e. The smallest absolute Gasteiger partial charge is 0.306 e. The van der Waals surface area contributed by atoms with Gasteiger partial charge in [0.15, 0.2) is 0 Å². The molecule has 0 bridgehead atoms. The van der Waals surface area contributed by atoms with Gasteiger partial charge in [0.25, 0.3) is 0 Å². The van der Waals surface area contributed by atoms with Gasteiger partial charge in [-0.1, -0.05) is 0 Å². The van der Waals surface area contributed by atoms with E-state index in [-0.39, 0.29) is 5.97 Å². The van der Waals surface area contributed by atoms with E-state index in [2.05, 4.69) is 24.5 Å². The van der Waals surface area contributed by atoms with E-state index in [0.29, 0.717) is 24.9 Å². The maximum absolute atomic E-state index is 11.1. The molecule has 0 spiro atoms. The Balaban J connectivity index is 1.83. The second-order valence-electron chi connectivity index (χ2n) is 4.78. The number of hydrogen-bond donors (Lipinski definition) is 0. The Morgan fingerprint density at radius 2 is 2.10 bits per heavy atom. The number of carbonyl (C=O) groups is 1. The molecule has 1 fully saturated rings. The highest BCUT2D eigenvalue weighted by Gasteiger charge is 2.19. The number of piperazine rings is 1. The number of nitrogens with zero attached hydrogens (tertiary/aromatic N) is 4. The summed E-state index contributed by atoms with van der Waals surface area (Å²) < 4.78 is 10.1. The number of ether oxygens (including phenoxy) is 2. The van der Waals surface area contributed by atoms with E-state index < -0.39 is 0 Å². The van der Waals surface area contributed by atoms with Gasteiger partial charge in [-0.05, 0) is 6.92 Å². The Morgan fingerprint density at radius 3 is 2.76 bits per heavy atom. The van der Waals surface area contributed by atoms with Gasteiger partial charge in [-0.3, -0.25) is 9.69 Å². The fourth-order valence-electron chi connectivity index (χ4n) is 2.24. The van der Waals surface area contributed by atoms with Crippen molar-refractivity contribution in [1.82, 2.24) is 14.9 Å². The Hall–Kier alpha value is -1.89. The number of hydrogen-bond acceptors (Lipinski definition) is 7. The van der Waals surface area contributed by atoms with Crippen LogP contribution < -0.4 is 9.64 Å². The zero-order chi connectivity index (χ0) is 15.1. The minimum atomic E-state index is -0.162. The molecule has 0 saturated carbocycles. The lowest BCUT2D eigenvalue weighted by molar-refractivity contribution is -0.141. The van der Waals surface area contributed by atoms with Crippen LogP contribution in [0.3, 0.4) is 0 Å². The number of esters is 1. The zero-order valence-electron chi connectivity index (χ0n) is 12.6. The Bertz CT molecular complexity index is 461. The Morgan fingerprint density at radius 1 is 1.33 bits per heavy atom. The molecule has 116 valence electrons. The highest BCUT2D eigenvalue weighted by Crippen LogP contribution is 2.14. The molecule has 21 heavy (non-hydrogen) atoms. The summed E-state index contributed by atoms with van der Waals surface area (Å²) in [4.78, 5) is 24.2. The SMILES string of the molecule is CCOc1ccnc(N2CCN(CCC(=O)OC)CC2)n1. The molecule has 0 unspecified atom stereocenters. The Kier molecular flexibility index (Phi) is 5.74. The average Bonchev–Trinajstić information content (AvgIpc) is 2.53. The third kappa shape index (κ3) is 4.56. The Labute approximate surface area is 124 Å². The summed E-state index contributed by atoms with van der Waals surface area (Å²) >= 11 is 0. The van der Waals surface area contributed by atoms with Crippen molar-refractivity contribution in [2.45, 2.75) is 13.3 Å². The van der Waals surface area contributed by atoms with Gasteiger partial charge < -0.3 is 14.4 Å². The second-order valence-corrected chi connectivity index (χ2v) is 4.78. The molecule has 1 aromatic rings. The van der Waals surface area contributed by atoms with Crippen molar-refractivity contribution in [3.05, 3.63) is 12.3 Å².